The van der Waals surface area contributed by atoms with Gasteiger partial charge in [-0.05, 0) is 54.8 Å². The Kier molecular flexibility index (Phi) is 6.17. The van der Waals surface area contributed by atoms with E-state index in [1.807, 2.05) is 12.1 Å². The Morgan fingerprint density at radius 3 is 2.55 bits per heavy atom. The summed E-state index contributed by atoms with van der Waals surface area (Å²) in [7, 11) is -3.63. The first-order valence-corrected chi connectivity index (χ1v) is 12.4. The number of hydrogen-bond acceptors (Lipinski definition) is 6. The van der Waals surface area contributed by atoms with Gasteiger partial charge in [-0.3, -0.25) is 4.79 Å². The SMILES string of the molecule is O=C(NCc1ccnc(N2CCCC2)c1)c1sccc1S(=O)(=O)N1CCCCC1. The molecule has 29 heavy (non-hydrogen) atoms. The van der Waals surface area contributed by atoms with Crippen molar-refractivity contribution in [3.8, 4) is 0 Å². The summed E-state index contributed by atoms with van der Waals surface area (Å²) in [6.07, 6.45) is 6.89. The van der Waals surface area contributed by atoms with E-state index in [4.69, 9.17) is 0 Å². The number of nitrogens with zero attached hydrogens (tertiary/aromatic N) is 3. The Morgan fingerprint density at radius 1 is 1.07 bits per heavy atom. The molecular formula is C20H26N4O3S2. The zero-order chi connectivity index (χ0) is 20.3. The number of amides is 1. The summed E-state index contributed by atoms with van der Waals surface area (Å²) < 4.78 is 27.5. The standard InChI is InChI=1S/C20H26N4O3S2/c25-20(22-15-16-6-8-21-18(14-16)23-9-4-5-10-23)19-17(7-13-28-19)29(26,27)24-11-2-1-3-12-24/h6-8,13-14H,1-5,9-12,15H2,(H,22,25). The molecule has 0 saturated carbocycles. The quantitative estimate of drug-likeness (QED) is 0.756. The van der Waals surface area contributed by atoms with Crippen LogP contribution in [0, 0.1) is 0 Å². The monoisotopic (exact) mass is 434 g/mol. The molecular weight excluding hydrogens is 408 g/mol. The summed E-state index contributed by atoms with van der Waals surface area (Å²) in [4.78, 5) is 19.8. The third kappa shape index (κ3) is 4.46. The molecule has 2 aromatic rings. The highest BCUT2D eigenvalue weighted by Gasteiger charge is 2.30. The van der Waals surface area contributed by atoms with Crippen LogP contribution in [0.3, 0.4) is 0 Å². The van der Waals surface area contributed by atoms with Gasteiger partial charge in [-0.15, -0.1) is 11.3 Å². The van der Waals surface area contributed by atoms with Crippen molar-refractivity contribution < 1.29 is 13.2 Å². The van der Waals surface area contributed by atoms with Crippen LogP contribution < -0.4 is 10.2 Å². The van der Waals surface area contributed by atoms with Crippen LogP contribution in [0.4, 0.5) is 5.82 Å². The van der Waals surface area contributed by atoms with Gasteiger partial charge in [0.15, 0.2) is 0 Å². The van der Waals surface area contributed by atoms with E-state index in [-0.39, 0.29) is 15.7 Å². The second-order valence-corrected chi connectivity index (χ2v) is 10.3. The number of carbonyl (C=O) groups excluding carboxylic acids is 1. The predicted molar refractivity (Wildman–Crippen MR) is 114 cm³/mol. The lowest BCUT2D eigenvalue weighted by Gasteiger charge is -2.25. The fourth-order valence-electron chi connectivity index (χ4n) is 3.86. The molecule has 4 heterocycles. The molecule has 156 valence electrons. The molecule has 4 rings (SSSR count). The second kappa shape index (κ2) is 8.81. The van der Waals surface area contributed by atoms with Gasteiger partial charge in [-0.25, -0.2) is 13.4 Å². The zero-order valence-corrected chi connectivity index (χ0v) is 18.0. The summed E-state index contributed by atoms with van der Waals surface area (Å²) in [6.45, 7) is 3.40. The summed E-state index contributed by atoms with van der Waals surface area (Å²) in [5.41, 5.74) is 0.951. The van der Waals surface area contributed by atoms with Crippen LogP contribution in [0.5, 0.6) is 0 Å². The van der Waals surface area contributed by atoms with Gasteiger partial charge in [0.05, 0.1) is 0 Å². The second-order valence-electron chi connectivity index (χ2n) is 7.48. The fourth-order valence-corrected chi connectivity index (χ4v) is 6.70. The third-order valence-electron chi connectivity index (χ3n) is 5.46. The molecule has 2 aliphatic rings. The molecule has 0 radical (unpaired) electrons. The van der Waals surface area contributed by atoms with Crippen LogP contribution >= 0.6 is 11.3 Å². The summed E-state index contributed by atoms with van der Waals surface area (Å²) in [5.74, 6) is 0.578. The number of thiophene rings is 1. The molecule has 2 fully saturated rings. The first-order chi connectivity index (χ1) is 14.1. The van der Waals surface area contributed by atoms with E-state index < -0.39 is 10.0 Å². The fraction of sp³-hybridized carbons (Fsp3) is 0.500. The average molecular weight is 435 g/mol. The van der Waals surface area contributed by atoms with E-state index in [2.05, 4.69) is 15.2 Å². The normalized spacial score (nSPS) is 18.1. The molecule has 7 nitrogen and oxygen atoms in total. The summed E-state index contributed by atoms with van der Waals surface area (Å²) in [6, 6.07) is 5.41. The van der Waals surface area contributed by atoms with Crippen LogP contribution in [0.15, 0.2) is 34.7 Å². The number of rotatable bonds is 6. The highest BCUT2D eigenvalue weighted by atomic mass is 32.2. The predicted octanol–water partition coefficient (Wildman–Crippen LogP) is 2.85. The molecule has 0 bridgehead atoms. The average Bonchev–Trinajstić information content (AvgIpc) is 3.45. The van der Waals surface area contributed by atoms with Crippen LogP contribution in [0.25, 0.3) is 0 Å². The van der Waals surface area contributed by atoms with Crippen LogP contribution in [-0.4, -0.2) is 49.8 Å². The number of nitrogens with one attached hydrogen (secondary N) is 1. The van der Waals surface area contributed by atoms with Gasteiger partial charge in [-0.2, -0.15) is 4.31 Å². The highest BCUT2D eigenvalue weighted by molar-refractivity contribution is 7.89. The van der Waals surface area contributed by atoms with Crippen molar-refractivity contribution >= 4 is 33.1 Å². The topological polar surface area (TPSA) is 82.6 Å². The minimum Gasteiger partial charge on any atom is -0.357 e. The lowest BCUT2D eigenvalue weighted by molar-refractivity contribution is 0.0952. The van der Waals surface area contributed by atoms with Gasteiger partial charge in [0, 0.05) is 38.9 Å². The maximum absolute atomic E-state index is 13.0. The van der Waals surface area contributed by atoms with Gasteiger partial charge in [0.1, 0.15) is 15.6 Å². The van der Waals surface area contributed by atoms with Crippen LogP contribution in [0.2, 0.25) is 0 Å². The van der Waals surface area contributed by atoms with Gasteiger partial charge in [0.2, 0.25) is 10.0 Å². The van der Waals surface area contributed by atoms with Crippen molar-refractivity contribution in [1.82, 2.24) is 14.6 Å². The van der Waals surface area contributed by atoms with Gasteiger partial charge in [-0.1, -0.05) is 6.42 Å². The Hall–Kier alpha value is -1.97. The van der Waals surface area contributed by atoms with E-state index in [1.165, 1.54) is 28.5 Å². The van der Waals surface area contributed by atoms with Gasteiger partial charge < -0.3 is 10.2 Å². The lowest BCUT2D eigenvalue weighted by atomic mass is 10.2. The molecule has 2 saturated heterocycles. The maximum Gasteiger partial charge on any atom is 0.263 e. The van der Waals surface area contributed by atoms with Crippen molar-refractivity contribution in [2.45, 2.75) is 43.5 Å². The molecule has 1 N–H and O–H groups in total. The van der Waals surface area contributed by atoms with E-state index in [9.17, 15) is 13.2 Å². The Balaban J connectivity index is 1.45. The highest BCUT2D eigenvalue weighted by Crippen LogP contribution is 2.27. The van der Waals surface area contributed by atoms with Crippen molar-refractivity contribution in [1.29, 1.82) is 0 Å². The number of hydrogen-bond donors (Lipinski definition) is 1. The van der Waals surface area contributed by atoms with Gasteiger partial charge >= 0.3 is 0 Å². The molecule has 1 amide bonds. The Bertz CT molecular complexity index is 962. The van der Waals surface area contributed by atoms with Crippen molar-refractivity contribution in [2.24, 2.45) is 0 Å². The molecule has 0 atom stereocenters. The van der Waals surface area contributed by atoms with E-state index in [0.29, 0.717) is 19.6 Å². The molecule has 0 spiro atoms. The van der Waals surface area contributed by atoms with Crippen LogP contribution in [-0.2, 0) is 16.6 Å². The summed E-state index contributed by atoms with van der Waals surface area (Å²) >= 11 is 1.17. The first kappa shape index (κ1) is 20.3. The maximum atomic E-state index is 13.0. The molecule has 2 aliphatic heterocycles. The molecule has 0 aromatic carbocycles. The molecule has 0 aliphatic carbocycles. The number of anilines is 1. The Labute approximate surface area is 175 Å². The minimum atomic E-state index is -3.63. The number of sulfonamides is 1. The van der Waals surface area contributed by atoms with Crippen molar-refractivity contribution in [2.75, 3.05) is 31.1 Å². The number of pyridine rings is 1. The van der Waals surface area contributed by atoms with E-state index >= 15 is 0 Å². The van der Waals surface area contributed by atoms with E-state index in [0.717, 1.165) is 43.7 Å². The van der Waals surface area contributed by atoms with Crippen molar-refractivity contribution in [3.63, 3.8) is 0 Å². The van der Waals surface area contributed by atoms with Crippen molar-refractivity contribution in [3.05, 3.63) is 40.2 Å². The lowest BCUT2D eigenvalue weighted by Crippen LogP contribution is -2.36. The number of carbonyl (C=O) groups is 1. The number of piperidine rings is 1. The minimum absolute atomic E-state index is 0.120. The molecule has 2 aromatic heterocycles. The molecule has 0 unspecified atom stereocenters. The third-order valence-corrected chi connectivity index (χ3v) is 8.44. The summed E-state index contributed by atoms with van der Waals surface area (Å²) in [5, 5.41) is 4.55. The van der Waals surface area contributed by atoms with E-state index in [1.54, 1.807) is 17.6 Å². The first-order valence-electron chi connectivity index (χ1n) is 10.1. The van der Waals surface area contributed by atoms with Crippen LogP contribution in [0.1, 0.15) is 47.3 Å². The Morgan fingerprint density at radius 2 is 1.79 bits per heavy atom. The number of aromatic nitrogens is 1. The smallest absolute Gasteiger partial charge is 0.263 e. The largest absolute Gasteiger partial charge is 0.357 e. The molecule has 9 heteroatoms. The van der Waals surface area contributed by atoms with Gasteiger partial charge in [0.25, 0.3) is 5.91 Å². The zero-order valence-electron chi connectivity index (χ0n) is 16.3.